The Labute approximate surface area is 137 Å². The molecule has 0 bridgehead atoms. The van der Waals surface area contributed by atoms with Crippen molar-refractivity contribution in [1.82, 2.24) is 0 Å². The van der Waals surface area contributed by atoms with Crippen molar-refractivity contribution in [2.45, 2.75) is 64.9 Å². The van der Waals surface area contributed by atoms with Crippen molar-refractivity contribution in [3.8, 4) is 0 Å². The predicted molar refractivity (Wildman–Crippen MR) is 86.2 cm³/mol. The van der Waals surface area contributed by atoms with Gasteiger partial charge in [-0.05, 0) is 67.0 Å². The number of fused-ring (bicyclic) bond motifs is 5. The molecule has 0 aromatic carbocycles. The van der Waals surface area contributed by atoms with E-state index in [0.29, 0.717) is 30.3 Å². The molecule has 1 radical (unpaired) electrons. The van der Waals surface area contributed by atoms with E-state index < -0.39 is 0 Å². The summed E-state index contributed by atoms with van der Waals surface area (Å²) in [7, 11) is 0. The van der Waals surface area contributed by atoms with Crippen LogP contribution < -0.4 is 0 Å². The number of aliphatic hydroxyl groups excluding tert-OH is 1. The summed E-state index contributed by atoms with van der Waals surface area (Å²) >= 11 is 0. The Balaban J connectivity index is 1.80. The Bertz CT molecular complexity index is 610. The number of hydrogen-bond donors (Lipinski definition) is 1. The van der Waals surface area contributed by atoms with E-state index in [0.717, 1.165) is 32.1 Å². The molecular formula is C19H26NO3. The zero-order valence-corrected chi connectivity index (χ0v) is 14.0. The maximum Gasteiger partial charge on any atom is 0.139 e. The van der Waals surface area contributed by atoms with Crippen molar-refractivity contribution >= 4 is 11.5 Å². The van der Waals surface area contributed by atoms with Gasteiger partial charge in [0.15, 0.2) is 0 Å². The van der Waals surface area contributed by atoms with E-state index in [1.165, 1.54) is 5.57 Å². The molecule has 4 rings (SSSR count). The molecule has 0 aromatic rings. The van der Waals surface area contributed by atoms with E-state index in [4.69, 9.17) is 0 Å². The highest BCUT2D eigenvalue weighted by Gasteiger charge is 2.60. The lowest BCUT2D eigenvalue weighted by Crippen LogP contribution is -2.53. The monoisotopic (exact) mass is 316 g/mol. The molecule has 0 spiro atoms. The van der Waals surface area contributed by atoms with Gasteiger partial charge in [-0.15, -0.1) is 5.21 Å². The highest BCUT2D eigenvalue weighted by atomic mass is 16.4. The maximum absolute atomic E-state index is 12.4. The first-order valence-corrected chi connectivity index (χ1v) is 9.03. The zero-order chi connectivity index (χ0) is 16.4. The highest BCUT2D eigenvalue weighted by Crippen LogP contribution is 2.63. The quantitative estimate of drug-likeness (QED) is 0.697. The van der Waals surface area contributed by atoms with Crippen molar-refractivity contribution in [2.24, 2.45) is 33.7 Å². The van der Waals surface area contributed by atoms with Gasteiger partial charge in [0.2, 0.25) is 0 Å². The first-order chi connectivity index (χ1) is 10.9. The average Bonchev–Trinajstić information content (AvgIpc) is 2.83. The zero-order valence-electron chi connectivity index (χ0n) is 14.0. The number of carbonyl (C=O) groups excluding carboxylic acids is 1. The van der Waals surface area contributed by atoms with Crippen LogP contribution >= 0.6 is 0 Å². The largest absolute Gasteiger partial charge is 0.393 e. The Morgan fingerprint density at radius 1 is 1.13 bits per heavy atom. The van der Waals surface area contributed by atoms with E-state index >= 15 is 0 Å². The van der Waals surface area contributed by atoms with Gasteiger partial charge >= 0.3 is 0 Å². The van der Waals surface area contributed by atoms with Gasteiger partial charge < -0.3 is 5.11 Å². The Hall–Kier alpha value is -1.16. The van der Waals surface area contributed by atoms with Gasteiger partial charge in [-0.1, -0.05) is 19.4 Å². The molecule has 3 saturated carbocycles. The van der Waals surface area contributed by atoms with Gasteiger partial charge in [-0.3, -0.25) is 4.79 Å². The predicted octanol–water partition coefficient (Wildman–Crippen LogP) is 3.28. The van der Waals surface area contributed by atoms with Crippen molar-refractivity contribution in [2.75, 3.05) is 0 Å². The number of Topliss-reactive ketones (excluding diaryl/α,β-unsaturated/α-hetero) is 1. The molecule has 0 amide bonds. The lowest BCUT2D eigenvalue weighted by Gasteiger charge is -2.56. The first kappa shape index (κ1) is 15.4. The number of carbonyl (C=O) groups is 1. The second-order valence-electron chi connectivity index (χ2n) is 8.66. The molecule has 125 valence electrons. The maximum atomic E-state index is 12.4. The van der Waals surface area contributed by atoms with Crippen LogP contribution in [0.25, 0.3) is 0 Å². The minimum Gasteiger partial charge on any atom is -0.393 e. The summed E-state index contributed by atoms with van der Waals surface area (Å²) in [4.78, 5) is 12.4. The van der Waals surface area contributed by atoms with Crippen LogP contribution in [0.2, 0.25) is 0 Å². The fraction of sp³-hybridized carbons (Fsp3) is 0.789. The van der Waals surface area contributed by atoms with Crippen molar-refractivity contribution in [3.05, 3.63) is 11.6 Å². The third-order valence-corrected chi connectivity index (χ3v) is 7.75. The van der Waals surface area contributed by atoms with Gasteiger partial charge in [-0.25, -0.2) is 0 Å². The van der Waals surface area contributed by atoms with Gasteiger partial charge in [0.05, 0.1) is 11.8 Å². The van der Waals surface area contributed by atoms with Crippen LogP contribution in [-0.4, -0.2) is 22.7 Å². The molecule has 4 nitrogen and oxygen atoms in total. The van der Waals surface area contributed by atoms with Gasteiger partial charge in [0, 0.05) is 17.8 Å². The van der Waals surface area contributed by atoms with Gasteiger partial charge in [0.25, 0.3) is 0 Å². The van der Waals surface area contributed by atoms with Crippen molar-refractivity contribution < 1.29 is 15.1 Å². The molecule has 23 heavy (non-hydrogen) atoms. The highest BCUT2D eigenvalue weighted by molar-refractivity contribution is 6.00. The summed E-state index contributed by atoms with van der Waals surface area (Å²) in [6.45, 7) is 4.42. The average molecular weight is 316 g/mol. The third-order valence-electron chi connectivity index (χ3n) is 7.75. The fourth-order valence-electron chi connectivity index (χ4n) is 6.27. The van der Waals surface area contributed by atoms with Crippen LogP contribution in [0, 0.1) is 28.6 Å². The van der Waals surface area contributed by atoms with Crippen molar-refractivity contribution in [1.29, 1.82) is 0 Å². The minimum absolute atomic E-state index is 0.0606. The lowest BCUT2D eigenvalue weighted by atomic mass is 9.47. The van der Waals surface area contributed by atoms with Crippen LogP contribution in [0.3, 0.4) is 0 Å². The summed E-state index contributed by atoms with van der Waals surface area (Å²) in [5.74, 6) is 1.17. The van der Waals surface area contributed by atoms with E-state index in [2.05, 4.69) is 19.0 Å². The molecule has 4 heteroatoms. The van der Waals surface area contributed by atoms with Crippen LogP contribution in [0.5, 0.6) is 0 Å². The molecule has 0 heterocycles. The molecule has 3 fully saturated rings. The first-order valence-electron chi connectivity index (χ1n) is 9.03. The number of ketones is 1. The number of allylic oxidation sites excluding steroid dienone is 1. The smallest absolute Gasteiger partial charge is 0.139 e. The van der Waals surface area contributed by atoms with Crippen molar-refractivity contribution in [3.63, 3.8) is 0 Å². The van der Waals surface area contributed by atoms with E-state index in [9.17, 15) is 15.1 Å². The number of hydrogen-bond acceptors (Lipinski definition) is 3. The minimum atomic E-state index is -0.291. The molecule has 4 aliphatic carbocycles. The van der Waals surface area contributed by atoms with E-state index in [1.54, 1.807) is 0 Å². The molecule has 6 atom stereocenters. The summed E-state index contributed by atoms with van der Waals surface area (Å²) in [6.07, 6.45) is 7.65. The van der Waals surface area contributed by atoms with Crippen LogP contribution in [0.1, 0.15) is 58.8 Å². The SMILES string of the molecule is C[C@]12CC[C@H](O)CC1=C/C(=N/[O])[C@@H]1[C@@H]2CC[C@]2(C)C(=O)CC[C@@H]12. The van der Waals surface area contributed by atoms with Crippen LogP contribution in [0.15, 0.2) is 16.8 Å². The van der Waals surface area contributed by atoms with E-state index in [-0.39, 0.29) is 28.8 Å². The van der Waals surface area contributed by atoms with Gasteiger partial charge in [-0.2, -0.15) is 0 Å². The molecule has 0 saturated heterocycles. The molecular weight excluding hydrogens is 290 g/mol. The topological polar surface area (TPSA) is 69.6 Å². The van der Waals surface area contributed by atoms with E-state index in [1.807, 2.05) is 6.08 Å². The molecule has 0 aliphatic heterocycles. The Morgan fingerprint density at radius 3 is 2.57 bits per heavy atom. The summed E-state index contributed by atoms with van der Waals surface area (Å²) in [6, 6.07) is 0. The standard InChI is InChI=1S/C19H26NO3/c1-18-7-5-12(21)9-11(18)10-15(20-23)17-13-3-4-16(22)19(13,2)8-6-14(17)18/h10,12-14,17,21H,3-9H2,1-2H3/b20-15-/t12-,13-,14-,17-,18-,19-/m0/s1. The molecule has 1 N–H and O–H groups in total. The molecule has 0 unspecified atom stereocenters. The molecule has 4 aliphatic rings. The fourth-order valence-corrected chi connectivity index (χ4v) is 6.27. The second-order valence-corrected chi connectivity index (χ2v) is 8.66. The van der Waals surface area contributed by atoms with Gasteiger partial charge in [0.1, 0.15) is 5.78 Å². The second kappa shape index (κ2) is 4.92. The lowest BCUT2D eigenvalue weighted by molar-refractivity contribution is -0.130. The summed E-state index contributed by atoms with van der Waals surface area (Å²) in [5.41, 5.74) is 1.65. The Morgan fingerprint density at radius 2 is 1.83 bits per heavy atom. The Kier molecular flexibility index (Phi) is 3.29. The number of nitrogens with zero attached hydrogens (tertiary/aromatic N) is 1. The van der Waals surface area contributed by atoms with Crippen LogP contribution in [-0.2, 0) is 10.0 Å². The third kappa shape index (κ3) is 1.93. The normalized spacial score (nSPS) is 51.0. The number of aliphatic hydroxyl groups is 1. The number of rotatable bonds is 0. The van der Waals surface area contributed by atoms with Crippen LogP contribution in [0.4, 0.5) is 0 Å². The summed E-state index contributed by atoms with van der Waals surface area (Å²) < 4.78 is 0. The summed E-state index contributed by atoms with van der Waals surface area (Å²) in [5, 5.41) is 25.0. The molecule has 0 aromatic heterocycles.